The molecule has 1 heterocycles. The highest BCUT2D eigenvalue weighted by molar-refractivity contribution is 7.15. The van der Waals surface area contributed by atoms with Gasteiger partial charge < -0.3 is 10.4 Å². The summed E-state index contributed by atoms with van der Waals surface area (Å²) in [6, 6.07) is 4.72. The summed E-state index contributed by atoms with van der Waals surface area (Å²) in [4.78, 5) is 5.94. The highest BCUT2D eigenvalue weighted by atomic mass is 32.1. The molecule has 1 aliphatic rings. The molecule has 1 unspecified atom stereocenters. The number of phenolic OH excluding ortho intramolecular Hbond substituents is 1. The first-order valence-corrected chi connectivity index (χ1v) is 7.16. The Morgan fingerprint density at radius 1 is 1.47 bits per heavy atom. The highest BCUT2D eigenvalue weighted by Crippen LogP contribution is 2.37. The molecular formula is C14H15FN2OS. The van der Waals surface area contributed by atoms with Crippen molar-refractivity contribution in [2.24, 2.45) is 0 Å². The summed E-state index contributed by atoms with van der Waals surface area (Å²) < 4.78 is 13.4. The maximum absolute atomic E-state index is 13.4. The molecule has 0 fully saturated rings. The summed E-state index contributed by atoms with van der Waals surface area (Å²) in [5.41, 5.74) is 1.83. The molecule has 0 saturated carbocycles. The summed E-state index contributed by atoms with van der Waals surface area (Å²) >= 11 is 1.62. The molecular weight excluding hydrogens is 263 g/mol. The number of rotatable bonds is 2. The molecule has 2 N–H and O–H groups in total. The van der Waals surface area contributed by atoms with E-state index in [0.29, 0.717) is 6.04 Å². The number of hydrogen-bond donors (Lipinski definition) is 2. The normalized spacial score (nSPS) is 18.3. The topological polar surface area (TPSA) is 45.1 Å². The quantitative estimate of drug-likeness (QED) is 0.886. The molecule has 0 amide bonds. The molecule has 0 spiro atoms. The zero-order chi connectivity index (χ0) is 13.4. The molecule has 1 atom stereocenters. The van der Waals surface area contributed by atoms with Crippen LogP contribution in [0.3, 0.4) is 0 Å². The molecule has 0 saturated heterocycles. The number of nitrogens with one attached hydrogen (secondary N) is 1. The van der Waals surface area contributed by atoms with E-state index >= 15 is 0 Å². The van der Waals surface area contributed by atoms with Gasteiger partial charge >= 0.3 is 0 Å². The summed E-state index contributed by atoms with van der Waals surface area (Å²) in [6.07, 6.45) is 3.30. The average Bonchev–Trinajstić information content (AvgIpc) is 2.85. The molecule has 19 heavy (non-hydrogen) atoms. The Hall–Kier alpha value is -1.46. The van der Waals surface area contributed by atoms with Gasteiger partial charge in [0.1, 0.15) is 5.01 Å². The van der Waals surface area contributed by atoms with Crippen LogP contribution in [0.15, 0.2) is 18.2 Å². The van der Waals surface area contributed by atoms with Crippen LogP contribution in [0.5, 0.6) is 5.75 Å². The van der Waals surface area contributed by atoms with Crippen molar-refractivity contribution >= 4 is 11.3 Å². The zero-order valence-electron chi connectivity index (χ0n) is 10.6. The lowest BCUT2D eigenvalue weighted by Gasteiger charge is -2.19. The van der Waals surface area contributed by atoms with Crippen molar-refractivity contribution in [3.05, 3.63) is 34.6 Å². The van der Waals surface area contributed by atoms with Crippen molar-refractivity contribution in [1.29, 1.82) is 0 Å². The lowest BCUT2D eigenvalue weighted by Crippen LogP contribution is -2.21. The Morgan fingerprint density at radius 2 is 2.32 bits per heavy atom. The fraction of sp³-hybridized carbons (Fsp3) is 0.357. The molecule has 100 valence electrons. The second-order valence-corrected chi connectivity index (χ2v) is 5.81. The second-order valence-electron chi connectivity index (χ2n) is 4.73. The molecule has 0 aliphatic heterocycles. The third-order valence-corrected chi connectivity index (χ3v) is 4.68. The number of hydrogen-bond acceptors (Lipinski definition) is 4. The summed E-state index contributed by atoms with van der Waals surface area (Å²) in [5, 5.41) is 13.3. The smallest absolute Gasteiger partial charge is 0.165 e. The molecule has 0 bridgehead atoms. The Labute approximate surface area is 115 Å². The Balaban J connectivity index is 2.02. The van der Waals surface area contributed by atoms with E-state index in [-0.39, 0.29) is 5.75 Å². The van der Waals surface area contributed by atoms with Crippen LogP contribution in [-0.2, 0) is 6.42 Å². The third kappa shape index (κ3) is 2.24. The van der Waals surface area contributed by atoms with Crippen LogP contribution in [0, 0.1) is 5.82 Å². The van der Waals surface area contributed by atoms with Gasteiger partial charge in [-0.25, -0.2) is 9.37 Å². The maximum atomic E-state index is 13.4. The number of aromatic nitrogens is 1. The largest absolute Gasteiger partial charge is 0.505 e. The number of halogens is 1. The lowest BCUT2D eigenvalue weighted by molar-refractivity contribution is 0.432. The molecule has 0 radical (unpaired) electrons. The first-order valence-electron chi connectivity index (χ1n) is 6.35. The Kier molecular flexibility index (Phi) is 3.24. The minimum atomic E-state index is -0.601. The van der Waals surface area contributed by atoms with Gasteiger partial charge in [-0.2, -0.15) is 0 Å². The van der Waals surface area contributed by atoms with Crippen molar-refractivity contribution in [1.82, 2.24) is 10.3 Å². The number of phenols is 1. The first-order chi connectivity index (χ1) is 9.19. The molecule has 3 nitrogen and oxygen atoms in total. The van der Waals surface area contributed by atoms with Gasteiger partial charge in [0.05, 0.1) is 11.7 Å². The van der Waals surface area contributed by atoms with Crippen LogP contribution in [0.1, 0.15) is 29.5 Å². The summed E-state index contributed by atoms with van der Waals surface area (Å²) in [6.45, 7) is 0. The SMILES string of the molecule is CNC1CCCc2sc(-c3ccc(O)c(F)c3)nc21. The standard InChI is InChI=1S/C14H15FN2OS/c1-16-10-3-2-4-12-13(10)17-14(19-12)8-5-6-11(18)9(15)7-8/h5-7,10,16,18H,2-4H2,1H3. The summed E-state index contributed by atoms with van der Waals surface area (Å²) in [7, 11) is 1.94. The minimum absolute atomic E-state index is 0.302. The van der Waals surface area contributed by atoms with E-state index in [4.69, 9.17) is 0 Å². The number of aromatic hydroxyl groups is 1. The van der Waals surface area contributed by atoms with E-state index in [2.05, 4.69) is 10.3 Å². The fourth-order valence-corrected chi connectivity index (χ4v) is 3.62. The predicted octanol–water partition coefficient (Wildman–Crippen LogP) is 3.25. The Bertz CT molecular complexity index is 611. The van der Waals surface area contributed by atoms with Crippen molar-refractivity contribution in [3.8, 4) is 16.3 Å². The van der Waals surface area contributed by atoms with E-state index in [0.717, 1.165) is 35.5 Å². The van der Waals surface area contributed by atoms with Gasteiger partial charge in [-0.05, 0) is 44.5 Å². The number of nitrogens with zero attached hydrogens (tertiary/aromatic N) is 1. The monoisotopic (exact) mass is 278 g/mol. The van der Waals surface area contributed by atoms with Crippen LogP contribution in [0.25, 0.3) is 10.6 Å². The number of fused-ring (bicyclic) bond motifs is 1. The highest BCUT2D eigenvalue weighted by Gasteiger charge is 2.23. The van der Waals surface area contributed by atoms with E-state index in [1.807, 2.05) is 7.05 Å². The average molecular weight is 278 g/mol. The van der Waals surface area contributed by atoms with Crippen LogP contribution in [0.2, 0.25) is 0 Å². The minimum Gasteiger partial charge on any atom is -0.505 e. The molecule has 1 aromatic carbocycles. The summed E-state index contributed by atoms with van der Waals surface area (Å²) in [5.74, 6) is -0.922. The Morgan fingerprint density at radius 3 is 3.05 bits per heavy atom. The molecule has 1 aromatic heterocycles. The van der Waals surface area contributed by atoms with Gasteiger partial charge in [0.25, 0.3) is 0 Å². The third-order valence-electron chi connectivity index (χ3n) is 3.50. The van der Waals surface area contributed by atoms with Crippen LogP contribution < -0.4 is 5.32 Å². The molecule has 3 rings (SSSR count). The van der Waals surface area contributed by atoms with Crippen molar-refractivity contribution < 1.29 is 9.50 Å². The van der Waals surface area contributed by atoms with Crippen molar-refractivity contribution in [3.63, 3.8) is 0 Å². The van der Waals surface area contributed by atoms with E-state index in [1.54, 1.807) is 17.4 Å². The zero-order valence-corrected chi connectivity index (χ0v) is 11.4. The van der Waals surface area contributed by atoms with Gasteiger partial charge in [0.2, 0.25) is 0 Å². The lowest BCUT2D eigenvalue weighted by atomic mass is 9.98. The maximum Gasteiger partial charge on any atom is 0.165 e. The van der Waals surface area contributed by atoms with Gasteiger partial charge in [-0.3, -0.25) is 0 Å². The van der Waals surface area contributed by atoms with Gasteiger partial charge in [0, 0.05) is 10.4 Å². The van der Waals surface area contributed by atoms with Gasteiger partial charge in [-0.15, -0.1) is 11.3 Å². The van der Waals surface area contributed by atoms with E-state index in [1.165, 1.54) is 17.0 Å². The number of aryl methyl sites for hydroxylation is 1. The fourth-order valence-electron chi connectivity index (χ4n) is 2.46. The van der Waals surface area contributed by atoms with Crippen molar-refractivity contribution in [2.75, 3.05) is 7.05 Å². The van der Waals surface area contributed by atoms with Crippen LogP contribution in [-0.4, -0.2) is 17.1 Å². The van der Waals surface area contributed by atoms with Gasteiger partial charge in [-0.1, -0.05) is 0 Å². The van der Waals surface area contributed by atoms with Crippen LogP contribution >= 0.6 is 11.3 Å². The van der Waals surface area contributed by atoms with Crippen molar-refractivity contribution in [2.45, 2.75) is 25.3 Å². The number of thiazole rings is 1. The molecule has 2 aromatic rings. The van der Waals surface area contributed by atoms with Gasteiger partial charge in [0.15, 0.2) is 11.6 Å². The van der Waals surface area contributed by atoms with E-state index < -0.39 is 5.82 Å². The second kappa shape index (κ2) is 4.90. The van der Waals surface area contributed by atoms with E-state index in [9.17, 15) is 9.50 Å². The van der Waals surface area contributed by atoms with Crippen LogP contribution in [0.4, 0.5) is 4.39 Å². The predicted molar refractivity (Wildman–Crippen MR) is 73.9 cm³/mol. The molecule has 1 aliphatic carbocycles. The number of benzene rings is 1. The first kappa shape index (κ1) is 12.6. The molecule has 5 heteroatoms.